The number of anilines is 1. The van der Waals surface area contributed by atoms with Crippen LogP contribution in [0, 0.1) is 6.92 Å². The molecule has 3 N–H and O–H groups in total. The second-order valence-corrected chi connectivity index (χ2v) is 7.70. The minimum absolute atomic E-state index is 0.126. The summed E-state index contributed by atoms with van der Waals surface area (Å²) in [7, 11) is 0. The molecule has 30 heavy (non-hydrogen) atoms. The fourth-order valence-electron chi connectivity index (χ4n) is 2.34. The van der Waals surface area contributed by atoms with Crippen LogP contribution < -0.4 is 16.0 Å². The quantitative estimate of drug-likeness (QED) is 0.644. The van der Waals surface area contributed by atoms with E-state index in [0.717, 1.165) is 5.56 Å². The number of hydrogen-bond donors (Lipinski definition) is 3. The second-order valence-electron chi connectivity index (χ2n) is 7.70. The van der Waals surface area contributed by atoms with Crippen LogP contribution in [0.5, 0.6) is 0 Å². The van der Waals surface area contributed by atoms with Gasteiger partial charge >= 0.3 is 12.0 Å². The van der Waals surface area contributed by atoms with Gasteiger partial charge in [-0.2, -0.15) is 0 Å². The van der Waals surface area contributed by atoms with E-state index >= 15 is 0 Å². The van der Waals surface area contributed by atoms with Gasteiger partial charge in [0.2, 0.25) is 0 Å². The zero-order chi connectivity index (χ0) is 22.5. The number of imide groups is 1. The second kappa shape index (κ2) is 9.25. The number of ether oxygens (including phenoxy) is 1. The number of esters is 1. The maximum Gasteiger partial charge on any atom is 0.338 e. The zero-order valence-electron chi connectivity index (χ0n) is 17.5. The van der Waals surface area contributed by atoms with E-state index in [9.17, 15) is 19.2 Å². The molecule has 2 rings (SSSR count). The van der Waals surface area contributed by atoms with Crippen LogP contribution in [0.2, 0.25) is 0 Å². The van der Waals surface area contributed by atoms with Crippen LogP contribution in [0.25, 0.3) is 0 Å². The molecule has 0 radical (unpaired) electrons. The number of carbonyl (C=O) groups excluding carboxylic acids is 4. The standard InChI is InChI=1S/C21H25N3O6/c1-12-8-9-14(11-15(12)22-18(26)16-7-6-10-29-16)19(27)30-13(2)17(25)23-20(28)24-21(3,4)5/h6-11,13H,1-5H3,(H,22,26)(H2,23,24,25,28). The molecule has 2 aromatic rings. The molecule has 4 amide bonds. The Morgan fingerprint density at radius 3 is 2.40 bits per heavy atom. The highest BCUT2D eigenvalue weighted by Crippen LogP contribution is 2.19. The Morgan fingerprint density at radius 2 is 1.80 bits per heavy atom. The number of hydrogen-bond acceptors (Lipinski definition) is 6. The van der Waals surface area contributed by atoms with E-state index in [1.165, 1.54) is 31.4 Å². The molecule has 0 aliphatic heterocycles. The van der Waals surface area contributed by atoms with Gasteiger partial charge in [0.1, 0.15) is 0 Å². The molecule has 1 aromatic carbocycles. The van der Waals surface area contributed by atoms with Crippen LogP contribution in [0.3, 0.4) is 0 Å². The molecule has 1 unspecified atom stereocenters. The number of rotatable bonds is 5. The predicted molar refractivity (Wildman–Crippen MR) is 109 cm³/mol. The summed E-state index contributed by atoms with van der Waals surface area (Å²) in [5.74, 6) is -1.88. The van der Waals surface area contributed by atoms with Gasteiger partial charge < -0.3 is 19.8 Å². The summed E-state index contributed by atoms with van der Waals surface area (Å²) in [6, 6.07) is 7.00. The van der Waals surface area contributed by atoms with Crippen molar-refractivity contribution in [3.63, 3.8) is 0 Å². The Bertz CT molecular complexity index is 944. The number of benzene rings is 1. The number of urea groups is 1. The van der Waals surface area contributed by atoms with Crippen LogP contribution in [0.15, 0.2) is 41.0 Å². The Balaban J connectivity index is 2.01. The first-order valence-electron chi connectivity index (χ1n) is 9.26. The fourth-order valence-corrected chi connectivity index (χ4v) is 2.34. The van der Waals surface area contributed by atoms with Gasteiger partial charge in [-0.05, 0) is 64.4 Å². The van der Waals surface area contributed by atoms with Gasteiger partial charge in [0, 0.05) is 11.2 Å². The minimum Gasteiger partial charge on any atom is -0.459 e. The molecule has 0 saturated carbocycles. The van der Waals surface area contributed by atoms with Crippen molar-refractivity contribution in [3.05, 3.63) is 53.5 Å². The average Bonchev–Trinajstić information content (AvgIpc) is 3.16. The van der Waals surface area contributed by atoms with Gasteiger partial charge in [0.15, 0.2) is 11.9 Å². The molecule has 1 heterocycles. The van der Waals surface area contributed by atoms with Crippen LogP contribution in [0.1, 0.15) is 54.2 Å². The van der Waals surface area contributed by atoms with Crippen molar-refractivity contribution in [1.29, 1.82) is 0 Å². The Kier molecular flexibility index (Phi) is 6.99. The number of nitrogens with one attached hydrogen (secondary N) is 3. The third-order valence-corrected chi connectivity index (χ3v) is 3.84. The van der Waals surface area contributed by atoms with E-state index in [4.69, 9.17) is 9.15 Å². The number of carbonyl (C=O) groups is 4. The van der Waals surface area contributed by atoms with E-state index in [1.54, 1.807) is 39.8 Å². The largest absolute Gasteiger partial charge is 0.459 e. The third-order valence-electron chi connectivity index (χ3n) is 3.84. The summed E-state index contributed by atoms with van der Waals surface area (Å²) in [6.45, 7) is 8.41. The van der Waals surface area contributed by atoms with Gasteiger partial charge in [-0.15, -0.1) is 0 Å². The maximum absolute atomic E-state index is 12.4. The van der Waals surface area contributed by atoms with Gasteiger partial charge in [-0.3, -0.25) is 14.9 Å². The average molecular weight is 415 g/mol. The van der Waals surface area contributed by atoms with E-state index in [2.05, 4.69) is 16.0 Å². The highest BCUT2D eigenvalue weighted by molar-refractivity contribution is 6.03. The fraction of sp³-hybridized carbons (Fsp3) is 0.333. The Morgan fingerprint density at radius 1 is 1.10 bits per heavy atom. The molecule has 0 fully saturated rings. The van der Waals surface area contributed by atoms with Crippen LogP contribution in [0.4, 0.5) is 10.5 Å². The summed E-state index contributed by atoms with van der Waals surface area (Å²) in [5, 5.41) is 7.35. The van der Waals surface area contributed by atoms with E-state index in [0.29, 0.717) is 5.69 Å². The Labute approximate surface area is 174 Å². The summed E-state index contributed by atoms with van der Waals surface area (Å²) in [4.78, 5) is 48.5. The van der Waals surface area contributed by atoms with Crippen molar-refractivity contribution >= 4 is 29.5 Å². The number of aryl methyl sites for hydroxylation is 1. The lowest BCUT2D eigenvalue weighted by molar-refractivity contribution is -0.127. The lowest BCUT2D eigenvalue weighted by Crippen LogP contribution is -2.50. The van der Waals surface area contributed by atoms with E-state index < -0.39 is 35.5 Å². The van der Waals surface area contributed by atoms with Crippen molar-refractivity contribution in [2.24, 2.45) is 0 Å². The molecular weight excluding hydrogens is 390 g/mol. The highest BCUT2D eigenvalue weighted by atomic mass is 16.5. The van der Waals surface area contributed by atoms with Gasteiger partial charge in [0.05, 0.1) is 11.8 Å². The monoisotopic (exact) mass is 415 g/mol. The molecule has 9 nitrogen and oxygen atoms in total. The van der Waals surface area contributed by atoms with Crippen molar-refractivity contribution in [1.82, 2.24) is 10.6 Å². The van der Waals surface area contributed by atoms with Crippen LogP contribution >= 0.6 is 0 Å². The van der Waals surface area contributed by atoms with Crippen molar-refractivity contribution in [3.8, 4) is 0 Å². The van der Waals surface area contributed by atoms with E-state index in [1.807, 2.05) is 0 Å². The van der Waals surface area contributed by atoms with Crippen LogP contribution in [-0.4, -0.2) is 35.5 Å². The molecule has 0 aliphatic carbocycles. The topological polar surface area (TPSA) is 127 Å². The first-order valence-corrected chi connectivity index (χ1v) is 9.26. The molecule has 0 saturated heterocycles. The molecule has 1 aromatic heterocycles. The Hall–Kier alpha value is -3.62. The maximum atomic E-state index is 12.4. The van der Waals surface area contributed by atoms with Crippen molar-refractivity contribution in [2.75, 3.05) is 5.32 Å². The molecule has 0 spiro atoms. The minimum atomic E-state index is -1.20. The normalized spacial score (nSPS) is 11.9. The summed E-state index contributed by atoms with van der Waals surface area (Å²) in [5.41, 5.74) is 0.723. The molecule has 9 heteroatoms. The smallest absolute Gasteiger partial charge is 0.338 e. The summed E-state index contributed by atoms with van der Waals surface area (Å²) < 4.78 is 10.2. The molecule has 160 valence electrons. The first-order chi connectivity index (χ1) is 14.0. The molecule has 0 aliphatic rings. The lowest BCUT2D eigenvalue weighted by atomic mass is 10.1. The lowest BCUT2D eigenvalue weighted by Gasteiger charge is -2.21. The first kappa shape index (κ1) is 22.7. The van der Waals surface area contributed by atoms with Gasteiger partial charge in [-0.25, -0.2) is 9.59 Å². The molecule has 1 atom stereocenters. The number of amides is 4. The van der Waals surface area contributed by atoms with Crippen molar-refractivity contribution < 1.29 is 28.3 Å². The van der Waals surface area contributed by atoms with Gasteiger partial charge in [0.25, 0.3) is 11.8 Å². The van der Waals surface area contributed by atoms with E-state index in [-0.39, 0.29) is 11.3 Å². The predicted octanol–water partition coefficient (Wildman–Crippen LogP) is 3.01. The summed E-state index contributed by atoms with van der Waals surface area (Å²) >= 11 is 0. The summed E-state index contributed by atoms with van der Waals surface area (Å²) in [6.07, 6.45) is 0.176. The third kappa shape index (κ3) is 6.47. The molecular formula is C21H25N3O6. The van der Waals surface area contributed by atoms with Gasteiger partial charge in [-0.1, -0.05) is 6.07 Å². The SMILES string of the molecule is Cc1ccc(C(=O)OC(C)C(=O)NC(=O)NC(C)(C)C)cc1NC(=O)c1ccco1. The van der Waals surface area contributed by atoms with Crippen LogP contribution in [-0.2, 0) is 9.53 Å². The van der Waals surface area contributed by atoms with Crippen molar-refractivity contribution in [2.45, 2.75) is 46.3 Å². The number of furan rings is 1. The molecule has 0 bridgehead atoms. The zero-order valence-corrected chi connectivity index (χ0v) is 17.5. The highest BCUT2D eigenvalue weighted by Gasteiger charge is 2.23.